The first kappa shape index (κ1) is 42.1. The predicted molar refractivity (Wildman–Crippen MR) is 247 cm³/mol. The largest absolute Gasteiger partial charge is 0.493 e. The first-order chi connectivity index (χ1) is 29.8. The van der Waals surface area contributed by atoms with Crippen molar-refractivity contribution in [3.63, 3.8) is 0 Å². The zero-order valence-corrected chi connectivity index (χ0v) is 36.2. The van der Waals surface area contributed by atoms with Gasteiger partial charge in [0.15, 0.2) is 23.0 Å². The molecule has 8 rings (SSSR count). The van der Waals surface area contributed by atoms with Crippen LogP contribution >= 0.6 is 12.6 Å². The number of thiol groups is 1. The quantitative estimate of drug-likeness (QED) is 0.0490. The molecule has 13 heteroatoms. The number of nitrogen functional groups attached to an aromatic ring is 1. The van der Waals surface area contributed by atoms with Crippen molar-refractivity contribution in [2.75, 3.05) is 46.9 Å². The molecule has 0 fully saturated rings. The molecule has 0 aliphatic carbocycles. The average molecular weight is 854 g/mol. The number of anilines is 5. The summed E-state index contributed by atoms with van der Waals surface area (Å²) in [4.78, 5) is 44.8. The number of nitrogens with one attached hydrogen (secondary N) is 2. The number of carbonyl (C=O) groups is 3. The molecule has 3 amide bonds. The summed E-state index contributed by atoms with van der Waals surface area (Å²) in [5.74, 6) is 1.01. The lowest BCUT2D eigenvalue weighted by molar-refractivity contribution is -0.116. The Morgan fingerprint density at radius 3 is 2.16 bits per heavy atom. The highest BCUT2D eigenvalue weighted by atomic mass is 32.1. The van der Waals surface area contributed by atoms with Gasteiger partial charge in [0.25, 0.3) is 11.8 Å². The number of nitrogens with zero attached hydrogens (tertiary/aromatic N) is 2. The number of ether oxygens (including phenoxy) is 4. The summed E-state index contributed by atoms with van der Waals surface area (Å²) in [6.45, 7) is 8.64. The van der Waals surface area contributed by atoms with Gasteiger partial charge in [0, 0.05) is 52.6 Å². The summed E-state index contributed by atoms with van der Waals surface area (Å²) in [6.07, 6.45) is 4.06. The molecule has 0 saturated carbocycles. The number of hydrogen-bond donors (Lipinski definition) is 4. The van der Waals surface area contributed by atoms with Gasteiger partial charge in [-0.3, -0.25) is 14.4 Å². The van der Waals surface area contributed by atoms with E-state index in [1.807, 2.05) is 79.4 Å². The summed E-state index contributed by atoms with van der Waals surface area (Å²) in [6, 6.07) is 27.9. The second-order valence-electron chi connectivity index (χ2n) is 16.5. The Hall–Kier alpha value is -6.60. The number of nitrogens with two attached hydrogens (primary N) is 1. The van der Waals surface area contributed by atoms with Gasteiger partial charge in [-0.1, -0.05) is 56.3 Å². The smallest absolute Gasteiger partial charge is 0.261 e. The SMILES string of the molecule is C=C[C@@H]1Cc2ccccc2N1C(=O)c1cc(OC)c(OCc2cc(COc3cc4c(cc3OC)C(=O)N3c5ccccc5C[C@H]3CN4)cc(NC(=O)CCC(C)(C)S)c2)cc1N. The van der Waals surface area contributed by atoms with E-state index in [2.05, 4.69) is 35.9 Å². The fourth-order valence-electron chi connectivity index (χ4n) is 8.40. The number of methoxy groups -OCH3 is 2. The van der Waals surface area contributed by atoms with Crippen molar-refractivity contribution in [3.8, 4) is 23.0 Å². The molecule has 62 heavy (non-hydrogen) atoms. The highest BCUT2D eigenvalue weighted by Gasteiger charge is 2.38. The summed E-state index contributed by atoms with van der Waals surface area (Å²) in [5.41, 5.74) is 14.2. The maximum absolute atomic E-state index is 14.0. The number of carbonyl (C=O) groups excluding carboxylic acids is 3. The van der Waals surface area contributed by atoms with Crippen LogP contribution in [0.1, 0.15) is 69.7 Å². The Labute approximate surface area is 367 Å². The van der Waals surface area contributed by atoms with Crippen molar-refractivity contribution in [3.05, 3.63) is 137 Å². The lowest BCUT2D eigenvalue weighted by atomic mass is 10.1. The van der Waals surface area contributed by atoms with Crippen LogP contribution in [0.5, 0.6) is 23.0 Å². The van der Waals surface area contributed by atoms with E-state index in [0.29, 0.717) is 59.3 Å². The monoisotopic (exact) mass is 853 g/mol. The Bertz CT molecular complexity index is 2570. The van der Waals surface area contributed by atoms with Crippen LogP contribution in [0.15, 0.2) is 104 Å². The van der Waals surface area contributed by atoms with E-state index in [1.54, 1.807) is 42.4 Å². The van der Waals surface area contributed by atoms with Crippen molar-refractivity contribution in [2.24, 2.45) is 0 Å². The van der Waals surface area contributed by atoms with Crippen molar-refractivity contribution in [2.45, 2.75) is 69.6 Å². The zero-order chi connectivity index (χ0) is 43.7. The van der Waals surface area contributed by atoms with Gasteiger partial charge in [0.05, 0.1) is 43.1 Å². The topological polar surface area (TPSA) is 145 Å². The Morgan fingerprint density at radius 1 is 0.871 bits per heavy atom. The molecule has 0 saturated heterocycles. The molecule has 0 radical (unpaired) electrons. The highest BCUT2D eigenvalue weighted by Crippen LogP contribution is 2.42. The van der Waals surface area contributed by atoms with E-state index in [-0.39, 0.29) is 65.4 Å². The van der Waals surface area contributed by atoms with E-state index in [0.717, 1.165) is 40.0 Å². The standard InChI is InChI=1S/C49H51N5O7S/c1-6-34-20-31-11-7-9-13-40(31)53(34)47(56)36-22-42(58-4)44(24-38(36)50)60-27-29-17-30(19-33(18-29)52-46(55)15-16-49(2,3)62)28-61-45-25-39-37(23-43(45)59-5)48(57)54-35(26-51-39)21-32-12-8-10-14-41(32)54/h6-14,17-19,22-25,34-35,51,62H,1,15-16,20-21,26-28,50H2,2-5H3,(H,52,55)/t34-,35+/m1/s1. The Kier molecular flexibility index (Phi) is 11.8. The Balaban J connectivity index is 1.03. The lowest BCUT2D eigenvalue weighted by Gasteiger charge is -2.24. The molecule has 12 nitrogen and oxygen atoms in total. The maximum atomic E-state index is 14.0. The number of fused-ring (bicyclic) bond motifs is 5. The van der Waals surface area contributed by atoms with Crippen LogP contribution in [-0.4, -0.2) is 55.3 Å². The predicted octanol–water partition coefficient (Wildman–Crippen LogP) is 8.63. The molecule has 3 heterocycles. The third-order valence-electron chi connectivity index (χ3n) is 11.5. The first-order valence-corrected chi connectivity index (χ1v) is 21.1. The molecule has 0 spiro atoms. The molecular weight excluding hydrogens is 803 g/mol. The molecule has 0 bridgehead atoms. The lowest BCUT2D eigenvalue weighted by Crippen LogP contribution is -2.39. The van der Waals surface area contributed by atoms with Crippen LogP contribution in [0.2, 0.25) is 0 Å². The van der Waals surface area contributed by atoms with Crippen LogP contribution in [0.25, 0.3) is 0 Å². The van der Waals surface area contributed by atoms with Crippen LogP contribution in [0.4, 0.5) is 28.4 Å². The molecule has 320 valence electrons. The van der Waals surface area contributed by atoms with Gasteiger partial charge < -0.3 is 45.1 Å². The van der Waals surface area contributed by atoms with Gasteiger partial charge >= 0.3 is 0 Å². The second-order valence-corrected chi connectivity index (χ2v) is 17.7. The molecule has 4 N–H and O–H groups in total. The summed E-state index contributed by atoms with van der Waals surface area (Å²) in [7, 11) is 3.05. The van der Waals surface area contributed by atoms with E-state index < -0.39 is 0 Å². The van der Waals surface area contributed by atoms with Crippen LogP contribution in [0.3, 0.4) is 0 Å². The molecular formula is C49H51N5O7S. The summed E-state index contributed by atoms with van der Waals surface area (Å²) >= 11 is 4.59. The van der Waals surface area contributed by atoms with E-state index >= 15 is 0 Å². The van der Waals surface area contributed by atoms with Crippen molar-refractivity contribution in [1.82, 2.24) is 0 Å². The normalized spacial score (nSPS) is 16.2. The van der Waals surface area contributed by atoms with Gasteiger partial charge in [0.1, 0.15) is 13.2 Å². The minimum atomic E-state index is -0.313. The van der Waals surface area contributed by atoms with E-state index in [1.165, 1.54) is 7.11 Å². The van der Waals surface area contributed by atoms with Gasteiger partial charge in [0.2, 0.25) is 5.91 Å². The molecule has 5 aromatic rings. The van der Waals surface area contributed by atoms with Gasteiger partial charge in [-0.25, -0.2) is 0 Å². The van der Waals surface area contributed by atoms with Crippen LogP contribution in [0, 0.1) is 0 Å². The molecule has 3 aliphatic rings. The third kappa shape index (κ3) is 8.62. The fraction of sp³-hybridized carbons (Fsp3) is 0.286. The highest BCUT2D eigenvalue weighted by molar-refractivity contribution is 7.81. The van der Waals surface area contributed by atoms with Crippen LogP contribution in [-0.2, 0) is 30.8 Å². The van der Waals surface area contributed by atoms with Crippen molar-refractivity contribution < 1.29 is 33.3 Å². The van der Waals surface area contributed by atoms with E-state index in [4.69, 9.17) is 24.7 Å². The van der Waals surface area contributed by atoms with Gasteiger partial charge in [-0.15, -0.1) is 6.58 Å². The molecule has 2 atom stereocenters. The van der Waals surface area contributed by atoms with E-state index in [9.17, 15) is 14.4 Å². The number of rotatable bonds is 14. The Morgan fingerprint density at radius 2 is 1.50 bits per heavy atom. The minimum absolute atomic E-state index is 0.0184. The number of para-hydroxylation sites is 2. The number of amides is 3. The second kappa shape index (κ2) is 17.4. The van der Waals surface area contributed by atoms with Crippen molar-refractivity contribution in [1.29, 1.82) is 0 Å². The number of hydrogen-bond acceptors (Lipinski definition) is 10. The fourth-order valence-corrected chi connectivity index (χ4v) is 8.52. The summed E-state index contributed by atoms with van der Waals surface area (Å²) < 4.78 is 23.9. The van der Waals surface area contributed by atoms with Gasteiger partial charge in [-0.2, -0.15) is 12.6 Å². The molecule has 0 unspecified atom stereocenters. The summed E-state index contributed by atoms with van der Waals surface area (Å²) in [5, 5.41) is 6.51. The molecule has 0 aromatic heterocycles. The van der Waals surface area contributed by atoms with Crippen molar-refractivity contribution >= 4 is 58.8 Å². The maximum Gasteiger partial charge on any atom is 0.261 e. The number of benzene rings is 5. The first-order valence-electron chi connectivity index (χ1n) is 20.6. The van der Waals surface area contributed by atoms with Gasteiger partial charge in [-0.05, 0) is 84.0 Å². The van der Waals surface area contributed by atoms with Crippen LogP contribution < -0.4 is 45.1 Å². The minimum Gasteiger partial charge on any atom is -0.493 e. The molecule has 3 aliphatic heterocycles. The zero-order valence-electron chi connectivity index (χ0n) is 35.3. The molecule has 5 aromatic carbocycles. The average Bonchev–Trinajstić information content (AvgIpc) is 3.80. The third-order valence-corrected chi connectivity index (χ3v) is 11.7.